The Labute approximate surface area is 237 Å². The van der Waals surface area contributed by atoms with E-state index in [-0.39, 0.29) is 19.0 Å². The second-order valence-electron chi connectivity index (χ2n) is 9.81. The zero-order valence-electron chi connectivity index (χ0n) is 22.6. The molecule has 1 fully saturated rings. The molecule has 2 atom stereocenters. The van der Waals surface area contributed by atoms with Crippen molar-refractivity contribution in [2.45, 2.75) is 44.4 Å². The molecule has 41 heavy (non-hydrogen) atoms. The number of likely N-dealkylation sites (tertiary alicyclic amines) is 1. The van der Waals surface area contributed by atoms with Crippen molar-refractivity contribution in [3.8, 4) is 0 Å². The molecule has 1 heterocycles. The number of hydrogen-bond donors (Lipinski definition) is 5. The quantitative estimate of drug-likeness (QED) is 0.110. The zero-order valence-corrected chi connectivity index (χ0v) is 22.6. The van der Waals surface area contributed by atoms with Crippen LogP contribution in [0.1, 0.15) is 41.6 Å². The molecule has 0 aromatic heterocycles. The fourth-order valence-electron chi connectivity index (χ4n) is 4.79. The van der Waals surface area contributed by atoms with E-state index in [9.17, 15) is 19.2 Å². The number of fused-ring (bicyclic) bond motifs is 1. The monoisotopic (exact) mass is 558 g/mol. The van der Waals surface area contributed by atoms with Crippen molar-refractivity contribution in [2.75, 3.05) is 13.1 Å². The molecular formula is C30H34N6O5. The van der Waals surface area contributed by atoms with Crippen molar-refractivity contribution >= 4 is 40.5 Å². The number of guanidine groups is 1. The summed E-state index contributed by atoms with van der Waals surface area (Å²) in [6.07, 6.45) is 0.837. The van der Waals surface area contributed by atoms with E-state index in [1.165, 1.54) is 4.90 Å². The van der Waals surface area contributed by atoms with E-state index in [1.54, 1.807) is 12.1 Å². The second-order valence-corrected chi connectivity index (χ2v) is 9.81. The van der Waals surface area contributed by atoms with Gasteiger partial charge < -0.3 is 26.0 Å². The average Bonchev–Trinajstić information content (AvgIpc) is 3.48. The lowest BCUT2D eigenvalue weighted by atomic mass is 10.1. The van der Waals surface area contributed by atoms with Gasteiger partial charge in [0.15, 0.2) is 5.96 Å². The second kappa shape index (κ2) is 13.9. The highest BCUT2D eigenvalue weighted by molar-refractivity contribution is 6.08. The van der Waals surface area contributed by atoms with Crippen LogP contribution in [-0.4, -0.2) is 59.8 Å². The average molecular weight is 559 g/mol. The Morgan fingerprint density at radius 1 is 1.00 bits per heavy atom. The third-order valence-electron chi connectivity index (χ3n) is 6.87. The molecule has 11 nitrogen and oxygen atoms in total. The highest BCUT2D eigenvalue weighted by Gasteiger charge is 2.38. The summed E-state index contributed by atoms with van der Waals surface area (Å²) < 4.78 is 5.31. The highest BCUT2D eigenvalue weighted by Crippen LogP contribution is 2.21. The van der Waals surface area contributed by atoms with Crippen molar-refractivity contribution in [1.29, 1.82) is 5.41 Å². The minimum atomic E-state index is -0.975. The predicted octanol–water partition coefficient (Wildman–Crippen LogP) is 2.65. The minimum Gasteiger partial charge on any atom is -0.445 e. The van der Waals surface area contributed by atoms with Gasteiger partial charge in [0, 0.05) is 18.7 Å². The summed E-state index contributed by atoms with van der Waals surface area (Å²) in [7, 11) is 0. The maximum Gasteiger partial charge on any atom is 0.408 e. The Bertz CT molecular complexity index is 1410. The topological polar surface area (TPSA) is 167 Å². The van der Waals surface area contributed by atoms with Crippen molar-refractivity contribution in [3.63, 3.8) is 0 Å². The minimum absolute atomic E-state index is 0.0328. The number of rotatable bonds is 10. The molecule has 1 aliphatic rings. The molecule has 0 aliphatic carbocycles. The lowest BCUT2D eigenvalue weighted by Gasteiger charge is -2.28. The first-order valence-electron chi connectivity index (χ1n) is 13.5. The molecule has 0 spiro atoms. The Kier molecular flexibility index (Phi) is 9.87. The fourth-order valence-corrected chi connectivity index (χ4v) is 4.79. The van der Waals surface area contributed by atoms with Gasteiger partial charge >= 0.3 is 6.09 Å². The molecule has 4 rings (SSSR count). The summed E-state index contributed by atoms with van der Waals surface area (Å²) in [6.45, 7) is 0.666. The van der Waals surface area contributed by atoms with Gasteiger partial charge in [-0.25, -0.2) is 4.79 Å². The van der Waals surface area contributed by atoms with E-state index in [4.69, 9.17) is 15.9 Å². The number of imide groups is 1. The third kappa shape index (κ3) is 8.04. The van der Waals surface area contributed by atoms with Crippen molar-refractivity contribution < 1.29 is 23.9 Å². The summed E-state index contributed by atoms with van der Waals surface area (Å²) in [6, 6.07) is 20.1. The van der Waals surface area contributed by atoms with E-state index in [2.05, 4.69) is 16.0 Å². The van der Waals surface area contributed by atoms with E-state index < -0.39 is 35.9 Å². The number of amides is 4. The number of carbonyl (C=O) groups excluding carboxylic acids is 4. The van der Waals surface area contributed by atoms with Gasteiger partial charge in [-0.3, -0.25) is 25.1 Å². The van der Waals surface area contributed by atoms with Crippen LogP contribution >= 0.6 is 0 Å². The van der Waals surface area contributed by atoms with Gasteiger partial charge in [0.1, 0.15) is 18.7 Å². The maximum absolute atomic E-state index is 13.6. The van der Waals surface area contributed by atoms with Gasteiger partial charge in [0.2, 0.25) is 11.8 Å². The maximum atomic E-state index is 13.6. The molecule has 11 heteroatoms. The van der Waals surface area contributed by atoms with Gasteiger partial charge in [-0.1, -0.05) is 60.7 Å². The summed E-state index contributed by atoms with van der Waals surface area (Å²) in [5.41, 5.74) is 6.47. The van der Waals surface area contributed by atoms with Crippen molar-refractivity contribution in [2.24, 2.45) is 5.73 Å². The van der Waals surface area contributed by atoms with Crippen LogP contribution in [0, 0.1) is 5.41 Å². The summed E-state index contributed by atoms with van der Waals surface area (Å²) in [5, 5.41) is 16.9. The molecule has 3 aromatic rings. The predicted molar refractivity (Wildman–Crippen MR) is 154 cm³/mol. The number of ether oxygens (including phenoxy) is 1. The lowest BCUT2D eigenvalue weighted by Crippen LogP contribution is -2.54. The molecule has 0 radical (unpaired) electrons. The summed E-state index contributed by atoms with van der Waals surface area (Å²) in [5.74, 6) is -1.76. The number of nitrogens with one attached hydrogen (secondary N) is 4. The molecule has 4 amide bonds. The van der Waals surface area contributed by atoms with E-state index >= 15 is 0 Å². The number of nitrogens with zero attached hydrogens (tertiary/aromatic N) is 1. The first-order chi connectivity index (χ1) is 19.8. The SMILES string of the molecule is N=C(N)NCCC[C@H](NC(=O)OCc1ccccc1)C(=O)N1CCC[C@H]1C(=O)NC(=O)c1ccc2ccccc2c1. The third-order valence-corrected chi connectivity index (χ3v) is 6.87. The standard InChI is InChI=1S/C30H34N6O5/c31-29(32)33-16-6-12-24(34-30(40)41-19-20-8-2-1-3-9-20)28(39)36-17-7-13-25(36)27(38)35-26(37)23-15-14-21-10-4-5-11-22(21)18-23/h1-5,8-11,14-15,18,24-25H,6-7,12-13,16-17,19H2,(H,34,40)(H4,31,32,33)(H,35,37,38)/t24-,25-/m0/s1. The van der Waals surface area contributed by atoms with Crippen molar-refractivity contribution in [3.05, 3.63) is 83.9 Å². The number of carbonyl (C=O) groups is 4. The molecule has 1 saturated heterocycles. The first kappa shape index (κ1) is 29.1. The molecule has 214 valence electrons. The van der Waals surface area contributed by atoms with E-state index in [0.29, 0.717) is 37.9 Å². The summed E-state index contributed by atoms with van der Waals surface area (Å²) >= 11 is 0. The summed E-state index contributed by atoms with van der Waals surface area (Å²) in [4.78, 5) is 53.7. The van der Waals surface area contributed by atoms with Crippen LogP contribution in [0.2, 0.25) is 0 Å². The van der Waals surface area contributed by atoms with Gasteiger partial charge in [0.25, 0.3) is 5.91 Å². The van der Waals surface area contributed by atoms with Crippen LogP contribution in [0.3, 0.4) is 0 Å². The van der Waals surface area contributed by atoms with E-state index in [0.717, 1.165) is 16.3 Å². The largest absolute Gasteiger partial charge is 0.445 e. The molecule has 0 bridgehead atoms. The number of benzene rings is 3. The lowest BCUT2D eigenvalue weighted by molar-refractivity contribution is -0.139. The van der Waals surface area contributed by atoms with E-state index in [1.807, 2.05) is 60.7 Å². The molecule has 0 saturated carbocycles. The van der Waals surface area contributed by atoms with Gasteiger partial charge in [-0.2, -0.15) is 0 Å². The fraction of sp³-hybridized carbons (Fsp3) is 0.300. The smallest absolute Gasteiger partial charge is 0.408 e. The van der Waals surface area contributed by atoms with Gasteiger partial charge in [-0.15, -0.1) is 0 Å². The van der Waals surface area contributed by atoms with Crippen LogP contribution in [0.25, 0.3) is 10.8 Å². The molecular weight excluding hydrogens is 524 g/mol. The Morgan fingerprint density at radius 2 is 1.73 bits per heavy atom. The van der Waals surface area contributed by atoms with Crippen LogP contribution in [0.15, 0.2) is 72.8 Å². The van der Waals surface area contributed by atoms with Gasteiger partial charge in [-0.05, 0) is 54.2 Å². The molecule has 0 unspecified atom stereocenters. The normalized spacial score (nSPS) is 15.1. The highest BCUT2D eigenvalue weighted by atomic mass is 16.5. The molecule has 3 aromatic carbocycles. The number of alkyl carbamates (subject to hydrolysis) is 1. The number of nitrogens with two attached hydrogens (primary N) is 1. The van der Waals surface area contributed by atoms with Crippen LogP contribution in [0.4, 0.5) is 4.79 Å². The zero-order chi connectivity index (χ0) is 29.2. The van der Waals surface area contributed by atoms with Gasteiger partial charge in [0.05, 0.1) is 0 Å². The van der Waals surface area contributed by atoms with Crippen molar-refractivity contribution in [1.82, 2.24) is 20.9 Å². The number of hydrogen-bond acceptors (Lipinski definition) is 6. The van der Waals surface area contributed by atoms with Crippen LogP contribution < -0.4 is 21.7 Å². The molecule has 6 N–H and O–H groups in total. The molecule has 1 aliphatic heterocycles. The Hall–Kier alpha value is -4.93. The first-order valence-corrected chi connectivity index (χ1v) is 13.5. The van der Waals surface area contributed by atoms with Crippen LogP contribution in [0.5, 0.6) is 0 Å². The Morgan fingerprint density at radius 3 is 2.49 bits per heavy atom. The van der Waals surface area contributed by atoms with Crippen LogP contribution in [-0.2, 0) is 20.9 Å². The Balaban J connectivity index is 1.40.